The van der Waals surface area contributed by atoms with Crippen LogP contribution in [0, 0.1) is 0 Å². The second-order valence-electron chi connectivity index (χ2n) is 6.32. The Balaban J connectivity index is 1.67. The van der Waals surface area contributed by atoms with Crippen LogP contribution >= 0.6 is 11.6 Å². The number of amides is 1. The van der Waals surface area contributed by atoms with Crippen LogP contribution in [0.1, 0.15) is 35.2 Å². The fourth-order valence-electron chi connectivity index (χ4n) is 4.03. The Labute approximate surface area is 139 Å². The largest absolute Gasteiger partial charge is 0.383 e. The highest BCUT2D eigenvalue weighted by Gasteiger charge is 2.57. The van der Waals surface area contributed by atoms with Crippen molar-refractivity contribution in [3.05, 3.63) is 64.9 Å². The number of fused-ring (bicyclic) bond motifs is 2. The highest BCUT2D eigenvalue weighted by molar-refractivity contribution is 6.29. The molecule has 0 unspecified atom stereocenters. The van der Waals surface area contributed by atoms with E-state index in [1.807, 2.05) is 35.2 Å². The zero-order valence-electron chi connectivity index (χ0n) is 12.5. The number of hydrogen-bond donors (Lipinski definition) is 1. The Morgan fingerprint density at radius 1 is 1.22 bits per heavy atom. The minimum atomic E-state index is -1.04. The highest BCUT2D eigenvalue weighted by Crippen LogP contribution is 2.50. The molecule has 3 atom stereocenters. The van der Waals surface area contributed by atoms with Gasteiger partial charge in [0, 0.05) is 29.8 Å². The normalized spacial score (nSPS) is 29.0. The first-order chi connectivity index (χ1) is 11.1. The van der Waals surface area contributed by atoms with Crippen molar-refractivity contribution in [1.29, 1.82) is 0 Å². The molecule has 0 aliphatic carbocycles. The molecule has 118 valence electrons. The van der Waals surface area contributed by atoms with Crippen molar-refractivity contribution in [2.45, 2.75) is 36.9 Å². The maximum atomic E-state index is 12.9. The van der Waals surface area contributed by atoms with Gasteiger partial charge in [-0.2, -0.15) is 0 Å². The summed E-state index contributed by atoms with van der Waals surface area (Å²) in [5.74, 6) is -0.00375. The van der Waals surface area contributed by atoms with E-state index in [2.05, 4.69) is 4.98 Å². The number of nitrogens with zero attached hydrogens (tertiary/aromatic N) is 2. The lowest BCUT2D eigenvalue weighted by Gasteiger charge is -2.32. The van der Waals surface area contributed by atoms with Gasteiger partial charge in [0.1, 0.15) is 10.8 Å². The maximum absolute atomic E-state index is 12.9. The van der Waals surface area contributed by atoms with Gasteiger partial charge in [-0.3, -0.25) is 4.79 Å². The average molecular weight is 329 g/mol. The number of hydrogen-bond acceptors (Lipinski definition) is 3. The molecular formula is C18H17ClN2O2. The van der Waals surface area contributed by atoms with E-state index >= 15 is 0 Å². The van der Waals surface area contributed by atoms with Crippen molar-refractivity contribution in [2.24, 2.45) is 0 Å². The monoisotopic (exact) mass is 328 g/mol. The van der Waals surface area contributed by atoms with E-state index in [-0.39, 0.29) is 18.0 Å². The first kappa shape index (κ1) is 14.7. The Morgan fingerprint density at radius 2 is 2.00 bits per heavy atom. The lowest BCUT2D eigenvalue weighted by Crippen LogP contribution is -2.43. The van der Waals surface area contributed by atoms with Crippen molar-refractivity contribution in [3.8, 4) is 0 Å². The predicted octanol–water partition coefficient (Wildman–Crippen LogP) is 3.00. The zero-order valence-corrected chi connectivity index (χ0v) is 13.3. The van der Waals surface area contributed by atoms with Gasteiger partial charge in [0.25, 0.3) is 5.91 Å². The van der Waals surface area contributed by atoms with Gasteiger partial charge in [-0.1, -0.05) is 35.9 Å². The molecule has 3 heterocycles. The fraction of sp³-hybridized carbons (Fsp3) is 0.333. The Morgan fingerprint density at radius 3 is 2.70 bits per heavy atom. The van der Waals surface area contributed by atoms with Crippen LogP contribution in [0.15, 0.2) is 48.7 Å². The number of aromatic nitrogens is 1. The summed E-state index contributed by atoms with van der Waals surface area (Å²) in [6.07, 6.45) is 3.92. The van der Waals surface area contributed by atoms with Crippen molar-refractivity contribution in [3.63, 3.8) is 0 Å². The molecule has 0 saturated carbocycles. The van der Waals surface area contributed by atoms with E-state index < -0.39 is 5.60 Å². The quantitative estimate of drug-likeness (QED) is 0.862. The minimum absolute atomic E-state index is 0.00375. The SMILES string of the molecule is O=C(c1ccccc1)N1[C@H]2CC[C@@H]1[C@@](O)(c1ccc(Cl)nc1)C2. The maximum Gasteiger partial charge on any atom is 0.254 e. The fourth-order valence-corrected chi connectivity index (χ4v) is 4.14. The summed E-state index contributed by atoms with van der Waals surface area (Å²) in [5.41, 5.74) is 0.369. The Kier molecular flexibility index (Phi) is 3.39. The van der Waals surface area contributed by atoms with Crippen LogP contribution in [0.4, 0.5) is 0 Å². The van der Waals surface area contributed by atoms with Gasteiger partial charge in [-0.25, -0.2) is 4.98 Å². The van der Waals surface area contributed by atoms with E-state index in [0.29, 0.717) is 17.1 Å². The van der Waals surface area contributed by atoms with E-state index in [4.69, 9.17) is 11.6 Å². The molecule has 5 heteroatoms. The molecule has 2 saturated heterocycles. The van der Waals surface area contributed by atoms with E-state index in [1.54, 1.807) is 18.3 Å². The third kappa shape index (κ3) is 2.25. The predicted molar refractivity (Wildman–Crippen MR) is 87.2 cm³/mol. The molecular weight excluding hydrogens is 312 g/mol. The van der Waals surface area contributed by atoms with E-state index in [9.17, 15) is 9.90 Å². The number of pyridine rings is 1. The third-order valence-corrected chi connectivity index (χ3v) is 5.31. The molecule has 4 rings (SSSR count). The summed E-state index contributed by atoms with van der Waals surface area (Å²) in [5, 5.41) is 11.6. The van der Waals surface area contributed by atoms with Crippen molar-refractivity contribution < 1.29 is 9.90 Å². The molecule has 1 N–H and O–H groups in total. The van der Waals surface area contributed by atoms with Crippen LogP contribution in [0.5, 0.6) is 0 Å². The van der Waals surface area contributed by atoms with Crippen molar-refractivity contribution in [2.75, 3.05) is 0 Å². The van der Waals surface area contributed by atoms with Crippen molar-refractivity contribution >= 4 is 17.5 Å². The molecule has 4 nitrogen and oxygen atoms in total. The molecule has 0 spiro atoms. The number of carbonyl (C=O) groups is 1. The topological polar surface area (TPSA) is 53.4 Å². The molecule has 2 aliphatic rings. The second-order valence-corrected chi connectivity index (χ2v) is 6.71. The van der Waals surface area contributed by atoms with Crippen LogP contribution < -0.4 is 0 Å². The number of halogens is 1. The van der Waals surface area contributed by atoms with Gasteiger partial charge >= 0.3 is 0 Å². The smallest absolute Gasteiger partial charge is 0.254 e. The second kappa shape index (κ2) is 5.32. The van der Waals surface area contributed by atoms with Gasteiger partial charge in [-0.15, -0.1) is 0 Å². The molecule has 2 aromatic rings. The average Bonchev–Trinajstić information content (AvgIpc) is 3.11. The molecule has 23 heavy (non-hydrogen) atoms. The van der Waals surface area contributed by atoms with Crippen LogP contribution in [0.3, 0.4) is 0 Å². The van der Waals surface area contributed by atoms with Crippen LogP contribution in [0.25, 0.3) is 0 Å². The lowest BCUT2D eigenvalue weighted by molar-refractivity contribution is -0.00219. The summed E-state index contributed by atoms with van der Waals surface area (Å²) in [7, 11) is 0. The molecule has 0 radical (unpaired) electrons. The summed E-state index contributed by atoms with van der Waals surface area (Å²) < 4.78 is 0. The Bertz CT molecular complexity index is 734. The highest BCUT2D eigenvalue weighted by atomic mass is 35.5. The number of carbonyl (C=O) groups excluding carboxylic acids is 1. The number of rotatable bonds is 2. The van der Waals surface area contributed by atoms with Crippen molar-refractivity contribution in [1.82, 2.24) is 9.88 Å². The molecule has 1 aromatic heterocycles. The first-order valence-corrected chi connectivity index (χ1v) is 8.19. The van der Waals surface area contributed by atoms with Crippen LogP contribution in [0.2, 0.25) is 5.15 Å². The van der Waals surface area contributed by atoms with Gasteiger partial charge in [0.2, 0.25) is 0 Å². The molecule has 1 aromatic carbocycles. The lowest BCUT2D eigenvalue weighted by atomic mass is 9.80. The first-order valence-electron chi connectivity index (χ1n) is 7.82. The van der Waals surface area contributed by atoms with E-state index in [0.717, 1.165) is 18.4 Å². The number of aliphatic hydroxyl groups is 1. The van der Waals surface area contributed by atoms with Gasteiger partial charge in [0.05, 0.1) is 6.04 Å². The molecule has 1 amide bonds. The van der Waals surface area contributed by atoms with Gasteiger partial charge < -0.3 is 10.0 Å². The molecule has 2 aliphatic heterocycles. The van der Waals surface area contributed by atoms with Crippen LogP contribution in [-0.4, -0.2) is 33.0 Å². The minimum Gasteiger partial charge on any atom is -0.383 e. The summed E-state index contributed by atoms with van der Waals surface area (Å²) >= 11 is 5.84. The summed E-state index contributed by atoms with van der Waals surface area (Å²) in [6, 6.07) is 12.6. The summed E-state index contributed by atoms with van der Waals surface area (Å²) in [4.78, 5) is 18.8. The van der Waals surface area contributed by atoms with E-state index in [1.165, 1.54) is 0 Å². The Hall–Kier alpha value is -1.91. The molecule has 2 bridgehead atoms. The van der Waals surface area contributed by atoms with Crippen LogP contribution in [-0.2, 0) is 5.60 Å². The zero-order chi connectivity index (χ0) is 16.0. The summed E-state index contributed by atoms with van der Waals surface area (Å²) in [6.45, 7) is 0. The number of benzene rings is 1. The standard InChI is InChI=1S/C18H17ClN2O2/c19-16-9-6-13(11-20-16)18(23)10-14-7-8-15(18)21(14)17(22)12-4-2-1-3-5-12/h1-6,9,11,14-15,23H,7-8,10H2/t14-,15+,18-/m0/s1. The van der Waals surface area contributed by atoms with Gasteiger partial charge in [0.15, 0.2) is 0 Å². The third-order valence-electron chi connectivity index (χ3n) is 5.08. The van der Waals surface area contributed by atoms with Gasteiger partial charge in [-0.05, 0) is 31.0 Å². The molecule has 2 fully saturated rings.